The summed E-state index contributed by atoms with van der Waals surface area (Å²) in [6.07, 6.45) is 7.18. The van der Waals surface area contributed by atoms with Crippen LogP contribution in [0, 0.1) is 11.8 Å². The second kappa shape index (κ2) is 13.2. The first kappa shape index (κ1) is 32.5. The van der Waals surface area contributed by atoms with Gasteiger partial charge in [-0.25, -0.2) is 19.6 Å². The second-order valence-electron chi connectivity index (χ2n) is 13.8. The SMILES string of the molecule is COC(=O)NCC(=O)N1[C@@H]2CC[C@@H](C2)[C@H]1c1ncc(-c2ccc(-c3ccc(-c4cnc([C@@H]5C[C@H]6C[C@H]6N5C(=O)CNC(=O)OC)[nH]4)cc3)cc2)[nH]1. The molecule has 8 rings (SSSR count). The number of hydrogen-bond acceptors (Lipinski definition) is 8. The van der Waals surface area contributed by atoms with Crippen molar-refractivity contribution in [1.29, 1.82) is 0 Å². The van der Waals surface area contributed by atoms with Crippen molar-refractivity contribution in [2.24, 2.45) is 11.8 Å². The van der Waals surface area contributed by atoms with E-state index in [9.17, 15) is 19.2 Å². The third kappa shape index (κ3) is 6.19. The molecule has 264 valence electrons. The Morgan fingerprint density at radius 2 is 1.22 bits per heavy atom. The van der Waals surface area contributed by atoms with Crippen LogP contribution in [0.3, 0.4) is 0 Å². The molecule has 2 saturated carbocycles. The molecule has 0 spiro atoms. The molecule has 4 amide bonds. The maximum atomic E-state index is 13.1. The highest BCUT2D eigenvalue weighted by Crippen LogP contribution is 2.53. The number of amides is 4. The molecule has 2 aromatic carbocycles. The lowest BCUT2D eigenvalue weighted by Crippen LogP contribution is -2.45. The number of likely N-dealkylation sites (tertiary alicyclic amines) is 2. The van der Waals surface area contributed by atoms with Gasteiger partial charge in [-0.15, -0.1) is 0 Å². The largest absolute Gasteiger partial charge is 0.453 e. The quantitative estimate of drug-likeness (QED) is 0.198. The summed E-state index contributed by atoms with van der Waals surface area (Å²) in [5, 5.41) is 5.01. The van der Waals surface area contributed by atoms with Crippen LogP contribution in [0.1, 0.15) is 55.8 Å². The summed E-state index contributed by atoms with van der Waals surface area (Å²) >= 11 is 0. The molecule has 2 bridgehead atoms. The van der Waals surface area contributed by atoms with Gasteiger partial charge in [0.1, 0.15) is 24.7 Å². The Labute approximate surface area is 294 Å². The summed E-state index contributed by atoms with van der Waals surface area (Å²) in [6.45, 7) is -0.209. The fourth-order valence-corrected chi connectivity index (χ4v) is 8.35. The van der Waals surface area contributed by atoms with Gasteiger partial charge in [0.25, 0.3) is 0 Å². The zero-order valence-corrected chi connectivity index (χ0v) is 28.4. The van der Waals surface area contributed by atoms with Crippen molar-refractivity contribution < 1.29 is 28.7 Å². The number of piperidine rings is 2. The van der Waals surface area contributed by atoms with Crippen LogP contribution in [0.2, 0.25) is 0 Å². The van der Waals surface area contributed by atoms with Gasteiger partial charge >= 0.3 is 12.2 Å². The number of nitrogens with one attached hydrogen (secondary N) is 4. The standard InChI is InChI=1S/C37H40N8O6/c1-50-36(48)40-18-31(46)44-26-12-11-24(13-26)33(44)35-39-17-28(43-35)23-9-5-21(6-10-23)20-3-7-22(8-4-20)27-16-38-34(42-27)30-15-25-14-29(25)45(30)32(47)19-41-37(49)51-2/h3-10,16-17,24-26,29-30,33H,11-15,18-19H2,1-2H3,(H,38,42)(H,39,43)(H,40,48)(H,41,49)/t24-,25+,26+,29+,30-,33-/m0/s1. The van der Waals surface area contributed by atoms with E-state index >= 15 is 0 Å². The van der Waals surface area contributed by atoms with Crippen LogP contribution >= 0.6 is 0 Å². The van der Waals surface area contributed by atoms with E-state index in [-0.39, 0.29) is 49.1 Å². The number of benzene rings is 2. The van der Waals surface area contributed by atoms with Crippen LogP contribution in [-0.2, 0) is 19.1 Å². The molecule has 4 N–H and O–H groups in total. The third-order valence-electron chi connectivity index (χ3n) is 10.9. The molecule has 4 aliphatic rings. The van der Waals surface area contributed by atoms with E-state index in [1.165, 1.54) is 14.2 Å². The molecule has 2 aromatic heterocycles. The molecule has 4 aromatic rings. The number of methoxy groups -OCH3 is 2. The van der Waals surface area contributed by atoms with E-state index in [0.717, 1.165) is 77.4 Å². The number of alkyl carbamates (subject to hydrolysis) is 2. The van der Waals surface area contributed by atoms with Gasteiger partial charge in [0.05, 0.1) is 50.1 Å². The molecule has 51 heavy (non-hydrogen) atoms. The first-order valence-corrected chi connectivity index (χ1v) is 17.4. The maximum absolute atomic E-state index is 13.1. The number of fused-ring (bicyclic) bond motifs is 3. The topological polar surface area (TPSA) is 175 Å². The van der Waals surface area contributed by atoms with Crippen LogP contribution in [0.5, 0.6) is 0 Å². The molecular weight excluding hydrogens is 652 g/mol. The predicted molar refractivity (Wildman–Crippen MR) is 185 cm³/mol. The molecule has 6 atom stereocenters. The van der Waals surface area contributed by atoms with E-state index < -0.39 is 12.2 Å². The number of imidazole rings is 2. The fraction of sp³-hybridized carbons (Fsp3) is 0.405. The van der Waals surface area contributed by atoms with E-state index in [1.807, 2.05) is 22.2 Å². The van der Waals surface area contributed by atoms with Gasteiger partial charge in [-0.3, -0.25) is 9.59 Å². The zero-order valence-electron chi connectivity index (χ0n) is 28.4. The molecule has 14 nitrogen and oxygen atoms in total. The highest BCUT2D eigenvalue weighted by Gasteiger charge is 2.55. The van der Waals surface area contributed by atoms with Crippen LogP contribution in [-0.4, -0.2) is 93.1 Å². The maximum Gasteiger partial charge on any atom is 0.407 e. The predicted octanol–water partition coefficient (Wildman–Crippen LogP) is 4.56. The number of rotatable bonds is 9. The number of carbonyl (C=O) groups is 4. The first-order valence-electron chi connectivity index (χ1n) is 17.4. The summed E-state index contributed by atoms with van der Waals surface area (Å²) in [6, 6.07) is 16.6. The van der Waals surface area contributed by atoms with Gasteiger partial charge in [0.15, 0.2) is 0 Å². The van der Waals surface area contributed by atoms with Gasteiger partial charge < -0.3 is 39.9 Å². The van der Waals surface area contributed by atoms with E-state index in [2.05, 4.69) is 83.6 Å². The molecule has 0 unspecified atom stereocenters. The number of ether oxygens (including phenoxy) is 2. The number of aromatic nitrogens is 4. The number of nitrogens with zero attached hydrogens (tertiary/aromatic N) is 4. The van der Waals surface area contributed by atoms with Crippen molar-refractivity contribution >= 4 is 24.0 Å². The molecule has 2 aliphatic heterocycles. The molecular formula is C37H40N8O6. The lowest BCUT2D eigenvalue weighted by molar-refractivity contribution is -0.135. The van der Waals surface area contributed by atoms with Crippen LogP contribution in [0.15, 0.2) is 60.9 Å². The zero-order chi connectivity index (χ0) is 35.2. The minimum atomic E-state index is -0.625. The Kier molecular flexibility index (Phi) is 8.44. The van der Waals surface area contributed by atoms with Gasteiger partial charge in [0.2, 0.25) is 11.8 Å². The molecule has 0 radical (unpaired) electrons. The Bertz CT molecular complexity index is 1960. The van der Waals surface area contributed by atoms with Crippen molar-refractivity contribution in [3.05, 3.63) is 72.6 Å². The van der Waals surface area contributed by atoms with Crippen molar-refractivity contribution in [2.75, 3.05) is 27.3 Å². The van der Waals surface area contributed by atoms with Crippen LogP contribution in [0.25, 0.3) is 33.6 Å². The normalized spacial score (nSPS) is 24.3. The Balaban J connectivity index is 0.922. The highest BCUT2D eigenvalue weighted by atomic mass is 16.5. The molecule has 2 saturated heterocycles. The second-order valence-corrected chi connectivity index (χ2v) is 13.8. The molecule has 4 heterocycles. The summed E-state index contributed by atoms with van der Waals surface area (Å²) < 4.78 is 9.23. The monoisotopic (exact) mass is 692 g/mol. The van der Waals surface area contributed by atoms with Crippen molar-refractivity contribution in [2.45, 2.75) is 56.3 Å². The van der Waals surface area contributed by atoms with E-state index in [1.54, 1.807) is 0 Å². The Morgan fingerprint density at radius 3 is 1.80 bits per heavy atom. The van der Waals surface area contributed by atoms with Gasteiger partial charge in [0, 0.05) is 12.1 Å². The van der Waals surface area contributed by atoms with Crippen molar-refractivity contribution in [3.8, 4) is 33.6 Å². The minimum absolute atomic E-state index is 0.105. The average molecular weight is 693 g/mol. The molecule has 4 fully saturated rings. The average Bonchev–Trinajstić information content (AvgIpc) is 3.80. The first-order chi connectivity index (χ1) is 24.8. The Morgan fingerprint density at radius 1 is 0.686 bits per heavy atom. The fourth-order valence-electron chi connectivity index (χ4n) is 8.35. The minimum Gasteiger partial charge on any atom is -0.453 e. The third-order valence-corrected chi connectivity index (χ3v) is 10.9. The smallest absolute Gasteiger partial charge is 0.407 e. The summed E-state index contributed by atoms with van der Waals surface area (Å²) in [5.74, 6) is 2.06. The number of aromatic amines is 2. The van der Waals surface area contributed by atoms with Gasteiger partial charge in [-0.05, 0) is 66.2 Å². The van der Waals surface area contributed by atoms with Gasteiger partial charge in [-0.1, -0.05) is 48.5 Å². The lowest BCUT2D eigenvalue weighted by atomic mass is 9.98. The van der Waals surface area contributed by atoms with Crippen molar-refractivity contribution in [1.82, 2.24) is 40.4 Å². The van der Waals surface area contributed by atoms with Crippen LogP contribution < -0.4 is 10.6 Å². The summed E-state index contributed by atoms with van der Waals surface area (Å²) in [7, 11) is 2.55. The number of H-pyrrole nitrogens is 2. The van der Waals surface area contributed by atoms with Gasteiger partial charge in [-0.2, -0.15) is 0 Å². The Hall–Kier alpha value is -5.66. The summed E-state index contributed by atoms with van der Waals surface area (Å²) in [4.78, 5) is 69.2. The summed E-state index contributed by atoms with van der Waals surface area (Å²) in [5.41, 5.74) is 5.87. The molecule has 2 aliphatic carbocycles. The lowest BCUT2D eigenvalue weighted by Gasteiger charge is -2.34. The van der Waals surface area contributed by atoms with Crippen LogP contribution in [0.4, 0.5) is 9.59 Å². The molecule has 14 heteroatoms. The highest BCUT2D eigenvalue weighted by molar-refractivity contribution is 5.84. The number of hydrogen-bond donors (Lipinski definition) is 4. The van der Waals surface area contributed by atoms with E-state index in [0.29, 0.717) is 11.8 Å². The number of carbonyl (C=O) groups excluding carboxylic acids is 4. The van der Waals surface area contributed by atoms with E-state index in [4.69, 9.17) is 4.98 Å². The van der Waals surface area contributed by atoms with Crippen molar-refractivity contribution in [3.63, 3.8) is 0 Å².